The predicted molar refractivity (Wildman–Crippen MR) is 98.9 cm³/mol. The standard InChI is InChI=1S/C18H20ClF3N4O2/c1-3-8-23-17(27)15-14(19)16-24-12(10-4-6-11(28-2)7-5-10)9-13(18(20,21)22)26(16)25-15/h4-7,12-13,24H,3,8-9H2,1-2H3,(H,23,27)/t12-,13+/m1/s1. The number of halogens is 4. The second kappa shape index (κ2) is 7.90. The van der Waals surface area contributed by atoms with Crippen molar-refractivity contribution in [3.63, 3.8) is 0 Å². The number of carbonyl (C=O) groups excluding carboxylic acids is 1. The summed E-state index contributed by atoms with van der Waals surface area (Å²) >= 11 is 6.24. The summed E-state index contributed by atoms with van der Waals surface area (Å²) in [7, 11) is 1.51. The Morgan fingerprint density at radius 1 is 1.39 bits per heavy atom. The summed E-state index contributed by atoms with van der Waals surface area (Å²) in [4.78, 5) is 12.2. The molecule has 152 valence electrons. The van der Waals surface area contributed by atoms with Crippen LogP contribution in [0.5, 0.6) is 5.75 Å². The molecule has 1 aliphatic rings. The maximum Gasteiger partial charge on any atom is 0.410 e. The Morgan fingerprint density at radius 3 is 2.64 bits per heavy atom. The van der Waals surface area contributed by atoms with Crippen LogP contribution in [0.4, 0.5) is 19.0 Å². The zero-order chi connectivity index (χ0) is 20.5. The van der Waals surface area contributed by atoms with Crippen LogP contribution in [0.2, 0.25) is 5.02 Å². The predicted octanol–water partition coefficient (Wildman–Crippen LogP) is 4.35. The lowest BCUT2D eigenvalue weighted by atomic mass is 9.97. The van der Waals surface area contributed by atoms with Gasteiger partial charge in [-0.2, -0.15) is 18.3 Å². The number of nitrogens with one attached hydrogen (secondary N) is 2. The molecule has 2 atom stereocenters. The van der Waals surface area contributed by atoms with E-state index in [1.807, 2.05) is 6.92 Å². The minimum atomic E-state index is -4.55. The molecule has 0 radical (unpaired) electrons. The Morgan fingerprint density at radius 2 is 2.07 bits per heavy atom. The minimum absolute atomic E-state index is 0.0160. The molecule has 0 spiro atoms. The highest BCUT2D eigenvalue weighted by Gasteiger charge is 2.47. The second-order valence-corrected chi connectivity index (χ2v) is 6.85. The van der Waals surface area contributed by atoms with Gasteiger partial charge in [-0.3, -0.25) is 4.79 Å². The molecule has 0 saturated heterocycles. The van der Waals surface area contributed by atoms with E-state index >= 15 is 0 Å². The van der Waals surface area contributed by atoms with E-state index in [4.69, 9.17) is 16.3 Å². The number of nitrogens with zero attached hydrogens (tertiary/aromatic N) is 2. The van der Waals surface area contributed by atoms with Gasteiger partial charge in [0, 0.05) is 13.0 Å². The number of anilines is 1. The molecule has 1 aromatic carbocycles. The Balaban J connectivity index is 1.99. The number of aromatic nitrogens is 2. The maximum absolute atomic E-state index is 13.7. The van der Waals surface area contributed by atoms with Gasteiger partial charge >= 0.3 is 6.18 Å². The lowest BCUT2D eigenvalue weighted by molar-refractivity contribution is -0.173. The molecule has 2 heterocycles. The SMILES string of the molecule is CCCNC(=O)c1nn2c(c1Cl)N[C@@H](c1ccc(OC)cc1)C[C@H]2C(F)(F)F. The van der Waals surface area contributed by atoms with Crippen LogP contribution in [0.25, 0.3) is 0 Å². The first kappa shape index (κ1) is 20.3. The van der Waals surface area contributed by atoms with Crippen molar-refractivity contribution >= 4 is 23.3 Å². The van der Waals surface area contributed by atoms with Gasteiger partial charge in [-0.25, -0.2) is 4.68 Å². The number of hydrogen-bond acceptors (Lipinski definition) is 4. The monoisotopic (exact) mass is 416 g/mol. The fourth-order valence-corrected chi connectivity index (χ4v) is 3.38. The lowest BCUT2D eigenvalue weighted by Gasteiger charge is -2.33. The van der Waals surface area contributed by atoms with Crippen LogP contribution in [0.15, 0.2) is 24.3 Å². The summed E-state index contributed by atoms with van der Waals surface area (Å²) in [5.41, 5.74) is 0.429. The third-order valence-corrected chi connectivity index (χ3v) is 4.92. The van der Waals surface area contributed by atoms with Gasteiger partial charge in [-0.05, 0) is 24.1 Å². The number of hydrogen-bond donors (Lipinski definition) is 2. The highest BCUT2D eigenvalue weighted by molar-refractivity contribution is 6.36. The smallest absolute Gasteiger partial charge is 0.410 e. The summed E-state index contributed by atoms with van der Waals surface area (Å²) in [6.45, 7) is 2.24. The average Bonchev–Trinajstić information content (AvgIpc) is 3.01. The minimum Gasteiger partial charge on any atom is -0.497 e. The molecule has 28 heavy (non-hydrogen) atoms. The van der Waals surface area contributed by atoms with Crippen LogP contribution in [0.1, 0.15) is 47.9 Å². The topological polar surface area (TPSA) is 68.2 Å². The van der Waals surface area contributed by atoms with E-state index in [1.165, 1.54) is 7.11 Å². The fourth-order valence-electron chi connectivity index (χ4n) is 3.11. The van der Waals surface area contributed by atoms with Crippen LogP contribution >= 0.6 is 11.6 Å². The molecule has 1 amide bonds. The number of rotatable bonds is 5. The van der Waals surface area contributed by atoms with Crippen molar-refractivity contribution in [3.05, 3.63) is 40.5 Å². The molecule has 1 aromatic heterocycles. The van der Waals surface area contributed by atoms with Crippen LogP contribution < -0.4 is 15.4 Å². The van der Waals surface area contributed by atoms with Crippen LogP contribution in [0, 0.1) is 0 Å². The number of benzene rings is 1. The van der Waals surface area contributed by atoms with Crippen LogP contribution in [-0.2, 0) is 0 Å². The van der Waals surface area contributed by atoms with E-state index in [1.54, 1.807) is 24.3 Å². The number of methoxy groups -OCH3 is 1. The first-order chi connectivity index (χ1) is 13.3. The molecular weight excluding hydrogens is 397 g/mol. The molecule has 0 saturated carbocycles. The molecule has 3 rings (SSSR count). The Bertz CT molecular complexity index is 852. The summed E-state index contributed by atoms with van der Waals surface area (Å²) in [6, 6.07) is 4.19. The number of alkyl halides is 3. The third kappa shape index (κ3) is 3.89. The van der Waals surface area contributed by atoms with Crippen LogP contribution in [-0.4, -0.2) is 35.5 Å². The Labute approximate surface area is 165 Å². The van der Waals surface area contributed by atoms with Crippen molar-refractivity contribution < 1.29 is 22.7 Å². The summed E-state index contributed by atoms with van der Waals surface area (Å²) < 4.78 is 47.0. The first-order valence-electron chi connectivity index (χ1n) is 8.79. The van der Waals surface area contributed by atoms with Gasteiger partial charge in [0.2, 0.25) is 0 Å². The van der Waals surface area contributed by atoms with Crippen molar-refractivity contribution in [2.24, 2.45) is 0 Å². The quantitative estimate of drug-likeness (QED) is 0.760. The van der Waals surface area contributed by atoms with Crippen molar-refractivity contribution in [1.29, 1.82) is 0 Å². The molecular formula is C18H20ClF3N4O2. The molecule has 0 fully saturated rings. The maximum atomic E-state index is 13.7. The van der Waals surface area contributed by atoms with Gasteiger partial charge in [0.05, 0.1) is 13.2 Å². The summed E-state index contributed by atoms with van der Waals surface area (Å²) in [6.07, 6.45) is -4.15. The molecule has 2 aromatic rings. The Hall–Kier alpha value is -2.42. The fraction of sp³-hybridized carbons (Fsp3) is 0.444. The van der Waals surface area contributed by atoms with E-state index in [0.29, 0.717) is 24.3 Å². The average molecular weight is 417 g/mol. The lowest BCUT2D eigenvalue weighted by Crippen LogP contribution is -2.36. The highest BCUT2D eigenvalue weighted by atomic mass is 35.5. The van der Waals surface area contributed by atoms with E-state index in [2.05, 4.69) is 15.7 Å². The summed E-state index contributed by atoms with van der Waals surface area (Å²) in [5, 5.41) is 9.34. The zero-order valence-corrected chi connectivity index (χ0v) is 16.1. The molecule has 6 nitrogen and oxygen atoms in total. The Kier molecular flexibility index (Phi) is 5.74. The molecule has 0 unspecified atom stereocenters. The van der Waals surface area contributed by atoms with E-state index in [9.17, 15) is 18.0 Å². The van der Waals surface area contributed by atoms with E-state index in [-0.39, 0.29) is 23.0 Å². The molecule has 10 heteroatoms. The molecule has 0 aliphatic carbocycles. The third-order valence-electron chi connectivity index (χ3n) is 4.56. The van der Waals surface area contributed by atoms with Gasteiger partial charge in [0.15, 0.2) is 11.7 Å². The molecule has 1 aliphatic heterocycles. The van der Waals surface area contributed by atoms with Gasteiger partial charge < -0.3 is 15.4 Å². The zero-order valence-electron chi connectivity index (χ0n) is 15.3. The number of carbonyl (C=O) groups is 1. The largest absolute Gasteiger partial charge is 0.497 e. The number of amides is 1. The van der Waals surface area contributed by atoms with Crippen molar-refractivity contribution in [2.75, 3.05) is 19.0 Å². The number of ether oxygens (including phenoxy) is 1. The van der Waals surface area contributed by atoms with E-state index in [0.717, 1.165) is 4.68 Å². The summed E-state index contributed by atoms with van der Waals surface area (Å²) in [5.74, 6) is -0.0138. The van der Waals surface area contributed by atoms with Gasteiger partial charge in [0.25, 0.3) is 5.91 Å². The van der Waals surface area contributed by atoms with Crippen molar-refractivity contribution in [3.8, 4) is 5.75 Å². The van der Waals surface area contributed by atoms with E-state index < -0.39 is 24.2 Å². The molecule has 0 bridgehead atoms. The first-order valence-corrected chi connectivity index (χ1v) is 9.17. The van der Waals surface area contributed by atoms with Gasteiger partial charge in [-0.1, -0.05) is 30.7 Å². The molecule has 2 N–H and O–H groups in total. The van der Waals surface area contributed by atoms with Crippen LogP contribution in [0.3, 0.4) is 0 Å². The number of fused-ring (bicyclic) bond motifs is 1. The van der Waals surface area contributed by atoms with Gasteiger partial charge in [0.1, 0.15) is 16.6 Å². The van der Waals surface area contributed by atoms with Gasteiger partial charge in [-0.15, -0.1) is 0 Å². The second-order valence-electron chi connectivity index (χ2n) is 6.47. The highest BCUT2D eigenvalue weighted by Crippen LogP contribution is 2.46. The normalized spacial score (nSPS) is 18.9. The van der Waals surface area contributed by atoms with Crippen molar-refractivity contribution in [1.82, 2.24) is 15.1 Å². The van der Waals surface area contributed by atoms with Crippen molar-refractivity contribution in [2.45, 2.75) is 38.0 Å².